The minimum Gasteiger partial charge on any atom is -0.353 e. The van der Waals surface area contributed by atoms with Gasteiger partial charge in [-0.3, -0.25) is 4.79 Å². The highest BCUT2D eigenvalue weighted by Gasteiger charge is 2.32. The third-order valence-electron chi connectivity index (χ3n) is 4.31. The number of rotatable bonds is 4. The molecule has 0 aromatic rings. The molecule has 1 aliphatic rings. The van der Waals surface area contributed by atoms with E-state index >= 15 is 0 Å². The molecule has 0 radical (unpaired) electrons. The average molecular weight is 254 g/mol. The first kappa shape index (κ1) is 15.5. The van der Waals surface area contributed by atoms with Gasteiger partial charge in [0.1, 0.15) is 0 Å². The minimum absolute atomic E-state index is 0.211. The third kappa shape index (κ3) is 4.60. The number of nitrogens with one attached hydrogen (secondary N) is 1. The lowest BCUT2D eigenvalue weighted by Gasteiger charge is -2.36. The van der Waals surface area contributed by atoms with E-state index in [1.807, 2.05) is 6.92 Å². The van der Waals surface area contributed by atoms with E-state index in [9.17, 15) is 4.79 Å². The lowest BCUT2D eigenvalue weighted by atomic mass is 9.69. The smallest absolute Gasteiger partial charge is 0.223 e. The van der Waals surface area contributed by atoms with Gasteiger partial charge >= 0.3 is 0 Å². The van der Waals surface area contributed by atoms with Crippen molar-refractivity contribution in [3.8, 4) is 0 Å². The molecule has 0 aromatic heterocycles. The Balaban J connectivity index is 2.36. The van der Waals surface area contributed by atoms with E-state index in [0.717, 1.165) is 25.2 Å². The molecule has 3 nitrogen and oxygen atoms in total. The van der Waals surface area contributed by atoms with Gasteiger partial charge in [-0.05, 0) is 56.9 Å². The van der Waals surface area contributed by atoms with Crippen LogP contribution in [-0.4, -0.2) is 18.5 Å². The second-order valence-corrected chi connectivity index (χ2v) is 6.90. The molecule has 1 unspecified atom stereocenters. The van der Waals surface area contributed by atoms with Gasteiger partial charge in [0, 0.05) is 12.0 Å². The Hall–Kier alpha value is -0.570. The van der Waals surface area contributed by atoms with Crippen LogP contribution in [-0.2, 0) is 4.79 Å². The average Bonchev–Trinajstić information content (AvgIpc) is 2.28. The van der Waals surface area contributed by atoms with E-state index in [4.69, 9.17) is 5.73 Å². The molecule has 18 heavy (non-hydrogen) atoms. The number of hydrogen-bond acceptors (Lipinski definition) is 2. The molecule has 0 heterocycles. The van der Waals surface area contributed by atoms with Crippen molar-refractivity contribution in [1.82, 2.24) is 5.32 Å². The first-order valence-corrected chi connectivity index (χ1v) is 7.35. The van der Waals surface area contributed by atoms with Crippen molar-refractivity contribution in [1.29, 1.82) is 0 Å². The predicted molar refractivity (Wildman–Crippen MR) is 76.2 cm³/mol. The van der Waals surface area contributed by atoms with Crippen LogP contribution in [0.15, 0.2) is 0 Å². The zero-order valence-electron chi connectivity index (χ0n) is 12.5. The molecule has 1 aliphatic carbocycles. The third-order valence-corrected chi connectivity index (χ3v) is 4.31. The normalized spacial score (nSPS) is 26.7. The molecule has 1 rings (SSSR count). The molecule has 0 spiro atoms. The molecule has 1 amide bonds. The van der Waals surface area contributed by atoms with Gasteiger partial charge in [-0.1, -0.05) is 20.8 Å². The molecule has 106 valence electrons. The zero-order valence-corrected chi connectivity index (χ0v) is 12.5. The summed E-state index contributed by atoms with van der Waals surface area (Å²) >= 11 is 0. The van der Waals surface area contributed by atoms with E-state index in [2.05, 4.69) is 26.1 Å². The van der Waals surface area contributed by atoms with Crippen molar-refractivity contribution in [2.45, 2.75) is 65.8 Å². The quantitative estimate of drug-likeness (QED) is 0.810. The summed E-state index contributed by atoms with van der Waals surface area (Å²) in [5, 5.41) is 3.09. The van der Waals surface area contributed by atoms with E-state index in [-0.39, 0.29) is 17.9 Å². The standard InChI is InChI=1S/C15H30N2O/c1-11(9-10-16)17-14(18)12-5-7-13(8-6-12)15(2,3)4/h11-13H,5-10,16H2,1-4H3,(H,17,18). The van der Waals surface area contributed by atoms with Gasteiger partial charge in [0.2, 0.25) is 5.91 Å². The molecular weight excluding hydrogens is 224 g/mol. The SMILES string of the molecule is CC(CCN)NC(=O)C1CCC(C(C)(C)C)CC1. The highest BCUT2D eigenvalue weighted by molar-refractivity contribution is 5.78. The van der Waals surface area contributed by atoms with Gasteiger partial charge in [-0.2, -0.15) is 0 Å². The second-order valence-electron chi connectivity index (χ2n) is 6.90. The molecule has 1 fully saturated rings. The van der Waals surface area contributed by atoms with Crippen LogP contribution in [0.4, 0.5) is 0 Å². The second kappa shape index (κ2) is 6.55. The van der Waals surface area contributed by atoms with Crippen LogP contribution in [0.2, 0.25) is 0 Å². The Bertz CT molecular complexity index is 262. The molecule has 0 saturated heterocycles. The highest BCUT2D eigenvalue weighted by atomic mass is 16.1. The lowest BCUT2D eigenvalue weighted by molar-refractivity contribution is -0.127. The van der Waals surface area contributed by atoms with Crippen LogP contribution in [0.3, 0.4) is 0 Å². The number of carbonyl (C=O) groups is 1. The minimum atomic E-state index is 0.211. The van der Waals surface area contributed by atoms with Crippen LogP contribution in [0.5, 0.6) is 0 Å². The fraction of sp³-hybridized carbons (Fsp3) is 0.933. The van der Waals surface area contributed by atoms with Gasteiger partial charge in [0.15, 0.2) is 0 Å². The Kier molecular flexibility index (Phi) is 5.64. The Morgan fingerprint density at radius 2 is 1.83 bits per heavy atom. The van der Waals surface area contributed by atoms with E-state index in [0.29, 0.717) is 12.0 Å². The molecule has 3 heteroatoms. The Labute approximate surface area is 112 Å². The fourth-order valence-electron chi connectivity index (χ4n) is 2.90. The molecule has 0 bridgehead atoms. The van der Waals surface area contributed by atoms with Crippen molar-refractivity contribution in [2.24, 2.45) is 23.0 Å². The monoisotopic (exact) mass is 254 g/mol. The highest BCUT2D eigenvalue weighted by Crippen LogP contribution is 2.39. The van der Waals surface area contributed by atoms with Crippen molar-refractivity contribution in [3.63, 3.8) is 0 Å². The van der Waals surface area contributed by atoms with E-state index in [1.165, 1.54) is 12.8 Å². The molecular formula is C15H30N2O. The van der Waals surface area contributed by atoms with Crippen LogP contribution in [0.1, 0.15) is 59.8 Å². The van der Waals surface area contributed by atoms with Crippen molar-refractivity contribution in [2.75, 3.05) is 6.54 Å². The van der Waals surface area contributed by atoms with Crippen molar-refractivity contribution in [3.05, 3.63) is 0 Å². The van der Waals surface area contributed by atoms with Crippen LogP contribution in [0, 0.1) is 17.3 Å². The van der Waals surface area contributed by atoms with Crippen LogP contribution >= 0.6 is 0 Å². The Morgan fingerprint density at radius 1 is 1.28 bits per heavy atom. The first-order valence-electron chi connectivity index (χ1n) is 7.35. The maximum atomic E-state index is 12.1. The predicted octanol–water partition coefficient (Wildman–Crippen LogP) is 2.69. The van der Waals surface area contributed by atoms with Crippen LogP contribution in [0.25, 0.3) is 0 Å². The number of carbonyl (C=O) groups excluding carboxylic acids is 1. The molecule has 3 N–H and O–H groups in total. The zero-order chi connectivity index (χ0) is 13.8. The number of amides is 1. The molecule has 1 atom stereocenters. The fourth-order valence-corrected chi connectivity index (χ4v) is 2.90. The lowest BCUT2D eigenvalue weighted by Crippen LogP contribution is -2.40. The largest absolute Gasteiger partial charge is 0.353 e. The summed E-state index contributed by atoms with van der Waals surface area (Å²) in [5.74, 6) is 1.23. The van der Waals surface area contributed by atoms with Gasteiger partial charge in [-0.25, -0.2) is 0 Å². The summed E-state index contributed by atoms with van der Waals surface area (Å²) in [7, 11) is 0. The van der Waals surface area contributed by atoms with Gasteiger partial charge in [0.05, 0.1) is 0 Å². The van der Waals surface area contributed by atoms with Gasteiger partial charge in [0.25, 0.3) is 0 Å². The Morgan fingerprint density at radius 3 is 2.28 bits per heavy atom. The summed E-state index contributed by atoms with van der Waals surface area (Å²) < 4.78 is 0. The van der Waals surface area contributed by atoms with Crippen molar-refractivity contribution < 1.29 is 4.79 Å². The van der Waals surface area contributed by atoms with Crippen molar-refractivity contribution >= 4 is 5.91 Å². The summed E-state index contributed by atoms with van der Waals surface area (Å²) in [6, 6.07) is 0.211. The molecule has 0 aliphatic heterocycles. The maximum Gasteiger partial charge on any atom is 0.223 e. The number of hydrogen-bond donors (Lipinski definition) is 2. The summed E-state index contributed by atoms with van der Waals surface area (Å²) in [6.45, 7) is 9.59. The van der Waals surface area contributed by atoms with Crippen LogP contribution < -0.4 is 11.1 Å². The summed E-state index contributed by atoms with van der Waals surface area (Å²) in [5.41, 5.74) is 5.88. The maximum absolute atomic E-state index is 12.1. The van der Waals surface area contributed by atoms with E-state index < -0.39 is 0 Å². The summed E-state index contributed by atoms with van der Waals surface area (Å²) in [6.07, 6.45) is 5.33. The topological polar surface area (TPSA) is 55.1 Å². The summed E-state index contributed by atoms with van der Waals surface area (Å²) in [4.78, 5) is 12.1. The molecule has 1 saturated carbocycles. The van der Waals surface area contributed by atoms with E-state index in [1.54, 1.807) is 0 Å². The number of nitrogens with two attached hydrogens (primary N) is 1. The van der Waals surface area contributed by atoms with Gasteiger partial charge in [-0.15, -0.1) is 0 Å². The molecule has 0 aromatic carbocycles. The van der Waals surface area contributed by atoms with Gasteiger partial charge < -0.3 is 11.1 Å². The first-order chi connectivity index (χ1) is 8.34.